The Bertz CT molecular complexity index is 2730. The minimum Gasteiger partial charge on any atom is -0.309 e. The molecule has 0 saturated heterocycles. The molecule has 2 heterocycles. The first-order chi connectivity index (χ1) is 26.2. The van der Waals surface area contributed by atoms with E-state index >= 15 is 0 Å². The van der Waals surface area contributed by atoms with Crippen LogP contribution in [-0.2, 0) is 6.42 Å². The van der Waals surface area contributed by atoms with E-state index in [1.807, 2.05) is 18.3 Å². The highest BCUT2D eigenvalue weighted by Crippen LogP contribution is 2.44. The Labute approximate surface area is 309 Å². The predicted molar refractivity (Wildman–Crippen MR) is 222 cm³/mol. The smallest absolute Gasteiger partial charge is 0.160 e. The summed E-state index contributed by atoms with van der Waals surface area (Å²) in [5.74, 6) is 0.705. The maximum absolute atomic E-state index is 7.35. The first-order valence-corrected chi connectivity index (χ1v) is 18.1. The van der Waals surface area contributed by atoms with Crippen molar-refractivity contribution in [1.82, 2.24) is 15.0 Å². The third kappa shape index (κ3) is 6.25. The lowest BCUT2D eigenvalue weighted by Gasteiger charge is -2.18. The van der Waals surface area contributed by atoms with E-state index in [0.29, 0.717) is 5.82 Å². The van der Waals surface area contributed by atoms with E-state index in [-0.39, 0.29) is 0 Å². The van der Waals surface area contributed by atoms with Crippen LogP contribution in [0.2, 0.25) is 0 Å². The largest absolute Gasteiger partial charge is 0.309 e. The Balaban J connectivity index is 1.22. The van der Waals surface area contributed by atoms with E-state index < -0.39 is 0 Å². The van der Waals surface area contributed by atoms with Crippen LogP contribution < -0.4 is 0 Å². The van der Waals surface area contributed by atoms with Crippen LogP contribution in [0.25, 0.3) is 82.9 Å². The van der Waals surface area contributed by atoms with E-state index in [4.69, 9.17) is 20.4 Å². The zero-order chi connectivity index (χ0) is 35.6. The summed E-state index contributed by atoms with van der Waals surface area (Å²) in [6.07, 6.45) is 16.3. The number of nitrogens with one attached hydrogen (secondary N) is 1. The van der Waals surface area contributed by atoms with Crippen molar-refractivity contribution in [2.45, 2.75) is 19.3 Å². The van der Waals surface area contributed by atoms with E-state index in [2.05, 4.69) is 146 Å². The molecule has 0 bridgehead atoms. The summed E-state index contributed by atoms with van der Waals surface area (Å²) in [4.78, 5) is 15.3. The van der Waals surface area contributed by atoms with Crippen molar-refractivity contribution in [2.75, 3.05) is 0 Å². The van der Waals surface area contributed by atoms with Crippen LogP contribution in [0, 0.1) is 5.41 Å². The average molecular weight is 681 g/mol. The molecule has 4 nitrogen and oxygen atoms in total. The molecule has 1 N–H and O–H groups in total. The molecule has 8 aromatic rings. The summed E-state index contributed by atoms with van der Waals surface area (Å²) in [5, 5.41) is 13.2. The van der Waals surface area contributed by atoms with Gasteiger partial charge in [-0.15, -0.1) is 0 Å². The first-order valence-electron chi connectivity index (χ1n) is 18.1. The van der Waals surface area contributed by atoms with E-state index in [1.165, 1.54) is 50.0 Å². The van der Waals surface area contributed by atoms with Gasteiger partial charge in [-0.3, -0.25) is 4.98 Å². The molecule has 0 radical (unpaired) electrons. The fourth-order valence-electron chi connectivity index (χ4n) is 7.61. The minimum absolute atomic E-state index is 0.705. The molecule has 0 unspecified atom stereocenters. The molecule has 9 rings (SSSR count). The highest BCUT2D eigenvalue weighted by Gasteiger charge is 2.19. The number of pyridine rings is 1. The Morgan fingerprint density at radius 2 is 1.28 bits per heavy atom. The molecule has 1 aliphatic carbocycles. The van der Waals surface area contributed by atoms with Crippen molar-refractivity contribution >= 4 is 44.2 Å². The minimum atomic E-state index is 0.705. The molecule has 0 aliphatic heterocycles. The lowest BCUT2D eigenvalue weighted by molar-refractivity contribution is 1.03. The van der Waals surface area contributed by atoms with Gasteiger partial charge in [0, 0.05) is 34.5 Å². The van der Waals surface area contributed by atoms with E-state index in [0.717, 1.165) is 63.8 Å². The summed E-state index contributed by atoms with van der Waals surface area (Å²) in [7, 11) is 0. The Morgan fingerprint density at radius 3 is 2.04 bits per heavy atom. The first kappa shape index (κ1) is 32.1. The topological polar surface area (TPSA) is 62.5 Å². The summed E-state index contributed by atoms with van der Waals surface area (Å²) in [6.45, 7) is 0. The second kappa shape index (κ2) is 14.1. The van der Waals surface area contributed by atoms with Crippen LogP contribution >= 0.6 is 0 Å². The highest BCUT2D eigenvalue weighted by atomic mass is 14.9. The molecule has 2 aromatic heterocycles. The number of allylic oxidation sites excluding steroid dienone is 6. The second-order valence-electron chi connectivity index (χ2n) is 13.5. The van der Waals surface area contributed by atoms with Gasteiger partial charge in [0.05, 0.1) is 16.9 Å². The number of aromatic nitrogens is 3. The molecular formula is C49H36N4. The molecule has 252 valence electrons. The Hall–Kier alpha value is -6.78. The standard InChI is InChI=1S/C49H36N4/c50-27-11-10-14-33-15-12-19-35(28-33)46-31-45(34-16-2-1-3-17-34)52-49(53-46)38-21-13-20-37(30-38)47-40-22-5-7-24-42(40)48(43-25-8-6-23-41(43)47)39-29-36-18-4-9-26-44(36)51-32-39/h1-2,4-13,15-16,18-32,50H,3,14,17H2/b11-10-,50-27?. The summed E-state index contributed by atoms with van der Waals surface area (Å²) in [6, 6.07) is 47.4. The van der Waals surface area contributed by atoms with Gasteiger partial charge in [0.1, 0.15) is 0 Å². The van der Waals surface area contributed by atoms with Gasteiger partial charge in [-0.05, 0) is 105 Å². The van der Waals surface area contributed by atoms with Gasteiger partial charge in [-0.1, -0.05) is 127 Å². The number of para-hydroxylation sites is 1. The zero-order valence-corrected chi connectivity index (χ0v) is 29.2. The van der Waals surface area contributed by atoms with Gasteiger partial charge in [-0.25, -0.2) is 9.97 Å². The second-order valence-corrected chi connectivity index (χ2v) is 13.5. The summed E-state index contributed by atoms with van der Waals surface area (Å²) >= 11 is 0. The monoisotopic (exact) mass is 680 g/mol. The van der Waals surface area contributed by atoms with Gasteiger partial charge in [0.2, 0.25) is 0 Å². The normalized spacial score (nSPS) is 12.9. The van der Waals surface area contributed by atoms with Gasteiger partial charge >= 0.3 is 0 Å². The van der Waals surface area contributed by atoms with Crippen LogP contribution in [0.15, 0.2) is 170 Å². The average Bonchev–Trinajstić information content (AvgIpc) is 3.23. The Kier molecular flexibility index (Phi) is 8.55. The number of benzene rings is 6. The molecule has 0 atom stereocenters. The van der Waals surface area contributed by atoms with Gasteiger partial charge < -0.3 is 5.41 Å². The summed E-state index contributed by atoms with van der Waals surface area (Å²) < 4.78 is 0. The lowest BCUT2D eigenvalue weighted by atomic mass is 9.86. The van der Waals surface area contributed by atoms with Crippen molar-refractivity contribution < 1.29 is 0 Å². The molecule has 0 fully saturated rings. The maximum atomic E-state index is 7.35. The van der Waals surface area contributed by atoms with Crippen LogP contribution in [0.1, 0.15) is 24.1 Å². The molecule has 6 aromatic carbocycles. The van der Waals surface area contributed by atoms with Gasteiger partial charge in [-0.2, -0.15) is 0 Å². The van der Waals surface area contributed by atoms with E-state index in [9.17, 15) is 0 Å². The molecule has 0 spiro atoms. The highest BCUT2D eigenvalue weighted by molar-refractivity contribution is 6.21. The van der Waals surface area contributed by atoms with Gasteiger partial charge in [0.15, 0.2) is 5.82 Å². The predicted octanol–water partition coefficient (Wildman–Crippen LogP) is 12.5. The number of hydrogen-bond donors (Lipinski definition) is 1. The van der Waals surface area contributed by atoms with Crippen LogP contribution in [0.3, 0.4) is 0 Å². The van der Waals surface area contributed by atoms with Gasteiger partial charge in [0.25, 0.3) is 0 Å². The number of nitrogens with zero attached hydrogens (tertiary/aromatic N) is 3. The third-order valence-corrected chi connectivity index (χ3v) is 10.1. The molecule has 4 heteroatoms. The van der Waals surface area contributed by atoms with Crippen molar-refractivity contribution in [3.63, 3.8) is 0 Å². The van der Waals surface area contributed by atoms with Crippen LogP contribution in [0.5, 0.6) is 0 Å². The molecule has 1 aliphatic rings. The van der Waals surface area contributed by atoms with Crippen molar-refractivity contribution in [2.24, 2.45) is 0 Å². The van der Waals surface area contributed by atoms with Crippen LogP contribution in [0.4, 0.5) is 0 Å². The SMILES string of the molecule is N=C/C=C\Cc1cccc(-c2cc(C3=CC=CCC3)nc(-c3cccc(-c4c5ccccc5c(-c5cnc6ccccc6c5)c5ccccc45)c3)n2)c1. The van der Waals surface area contributed by atoms with E-state index in [1.54, 1.807) is 6.08 Å². The van der Waals surface area contributed by atoms with Crippen molar-refractivity contribution in [3.8, 4) is 44.9 Å². The summed E-state index contributed by atoms with van der Waals surface area (Å²) in [5.41, 5.74) is 11.9. The molecule has 0 saturated carbocycles. The van der Waals surface area contributed by atoms with Crippen LogP contribution in [-0.4, -0.2) is 21.2 Å². The fraction of sp³-hybridized carbons (Fsp3) is 0.0612. The number of fused-ring (bicyclic) bond motifs is 3. The Morgan fingerprint density at radius 1 is 0.604 bits per heavy atom. The molecule has 53 heavy (non-hydrogen) atoms. The quantitative estimate of drug-likeness (QED) is 0.128. The number of hydrogen-bond acceptors (Lipinski definition) is 4. The maximum Gasteiger partial charge on any atom is 0.160 e. The zero-order valence-electron chi connectivity index (χ0n) is 29.2. The molecule has 0 amide bonds. The van der Waals surface area contributed by atoms with Crippen molar-refractivity contribution in [1.29, 1.82) is 5.41 Å². The fourth-order valence-corrected chi connectivity index (χ4v) is 7.61. The number of rotatable bonds is 8. The third-order valence-electron chi connectivity index (χ3n) is 10.1. The molecular weight excluding hydrogens is 645 g/mol. The lowest BCUT2D eigenvalue weighted by Crippen LogP contribution is -2.00. The van der Waals surface area contributed by atoms with Crippen molar-refractivity contribution in [3.05, 3.63) is 181 Å².